The van der Waals surface area contributed by atoms with Crippen molar-refractivity contribution < 1.29 is 30.0 Å². The van der Waals surface area contributed by atoms with Gasteiger partial charge in [0.25, 0.3) is 0 Å². The van der Waals surface area contributed by atoms with Crippen molar-refractivity contribution in [3.05, 3.63) is 96.9 Å². The largest absolute Gasteiger partial charge is 0.512 e. The zero-order valence-electron chi connectivity index (χ0n) is 23.3. The van der Waals surface area contributed by atoms with E-state index in [2.05, 4.69) is 99.0 Å². The van der Waals surface area contributed by atoms with Gasteiger partial charge in [0.1, 0.15) is 0 Å². The summed E-state index contributed by atoms with van der Waals surface area (Å²) in [5, 5.41) is 14.6. The van der Waals surface area contributed by atoms with E-state index in [0.29, 0.717) is 6.71 Å². The molecule has 0 amide bonds. The Morgan fingerprint density at radius 1 is 0.846 bits per heavy atom. The maximum Gasteiger partial charge on any atom is 0.190 e. The Morgan fingerprint density at radius 3 is 1.92 bits per heavy atom. The summed E-state index contributed by atoms with van der Waals surface area (Å²) in [6.45, 7) is 13.2. The topological polar surface area (TPSA) is 50.2 Å². The van der Waals surface area contributed by atoms with Gasteiger partial charge in [0.05, 0.1) is 21.9 Å². The first-order valence-corrected chi connectivity index (χ1v) is 19.1. The average molecular weight is 723 g/mol. The van der Waals surface area contributed by atoms with Crippen LogP contribution < -0.4 is 37.1 Å². The first-order chi connectivity index (χ1) is 18.0. The minimum absolute atomic E-state index is 0. The maximum atomic E-state index is 10.0. The fraction of sp³-hybridized carbons (Fsp3) is 0.188. The predicted molar refractivity (Wildman–Crippen MR) is 167 cm³/mol. The Balaban J connectivity index is 0.000000394. The van der Waals surface area contributed by atoms with E-state index in [9.17, 15) is 4.79 Å². The number of ketones is 1. The number of carbonyl (C=O) groups excluding carboxylic acids is 1. The van der Waals surface area contributed by atoms with Gasteiger partial charge in [-0.05, 0) is 25.6 Å². The third kappa shape index (κ3) is 5.09. The molecule has 0 unspecified atom stereocenters. The van der Waals surface area contributed by atoms with Gasteiger partial charge in [-0.1, -0.05) is 108 Å². The van der Waals surface area contributed by atoms with Crippen molar-refractivity contribution in [2.75, 3.05) is 0 Å². The van der Waals surface area contributed by atoms with E-state index in [4.69, 9.17) is 10.1 Å². The van der Waals surface area contributed by atoms with Gasteiger partial charge in [0.2, 0.25) is 0 Å². The van der Waals surface area contributed by atoms with Crippen molar-refractivity contribution in [3.63, 3.8) is 0 Å². The van der Waals surface area contributed by atoms with E-state index in [-0.39, 0.29) is 31.6 Å². The Morgan fingerprint density at radius 2 is 1.41 bits per heavy atom. The molecule has 4 aromatic rings. The Labute approximate surface area is 247 Å². The van der Waals surface area contributed by atoms with Gasteiger partial charge in [-0.3, -0.25) is 4.79 Å². The number of hydrogen-bond acceptors (Lipinski definition) is 3. The average Bonchev–Trinajstić information content (AvgIpc) is 2.88. The molecule has 0 fully saturated rings. The van der Waals surface area contributed by atoms with Crippen LogP contribution in [0.3, 0.4) is 0 Å². The van der Waals surface area contributed by atoms with Crippen LogP contribution in [0.2, 0.25) is 26.2 Å². The molecule has 7 heteroatoms. The first-order valence-electron chi connectivity index (χ1n) is 13.1. The number of fused-ring (bicyclic) bond motifs is 4. The summed E-state index contributed by atoms with van der Waals surface area (Å²) in [7, 11) is -3.76. The van der Waals surface area contributed by atoms with E-state index >= 15 is 0 Å². The van der Waals surface area contributed by atoms with Gasteiger partial charge in [-0.15, -0.1) is 33.5 Å². The summed E-state index contributed by atoms with van der Waals surface area (Å²) in [5.41, 5.74) is 6.80. The predicted octanol–water partition coefficient (Wildman–Crippen LogP) is 2.37. The number of pyridine rings is 1. The molecular weight excluding hydrogens is 690 g/mol. The molecule has 3 heterocycles. The van der Waals surface area contributed by atoms with Crippen LogP contribution in [0.25, 0.3) is 11.3 Å². The molecule has 1 N–H and O–H groups in total. The van der Waals surface area contributed by atoms with Crippen LogP contribution in [0, 0.1) is 6.07 Å². The molecule has 6 rings (SSSR count). The third-order valence-corrected chi connectivity index (χ3v) is 14.9. The molecule has 3 aromatic carbocycles. The Bertz CT molecular complexity index is 1500. The number of allylic oxidation sites excluding steroid dienone is 2. The molecular formula is C32H33BIrNO2Si2-. The van der Waals surface area contributed by atoms with Gasteiger partial charge in [0, 0.05) is 32.4 Å². The zero-order chi connectivity index (χ0) is 27.2. The van der Waals surface area contributed by atoms with Crippen molar-refractivity contribution in [2.45, 2.75) is 40.0 Å². The van der Waals surface area contributed by atoms with Crippen LogP contribution in [-0.4, -0.2) is 38.7 Å². The van der Waals surface area contributed by atoms with Gasteiger partial charge < -0.3 is 10.1 Å². The summed E-state index contributed by atoms with van der Waals surface area (Å²) >= 11 is 0. The molecule has 2 aliphatic heterocycles. The molecule has 0 saturated heterocycles. The monoisotopic (exact) mass is 723 g/mol. The normalized spacial score (nSPS) is 15.4. The molecule has 1 radical (unpaired) electrons. The summed E-state index contributed by atoms with van der Waals surface area (Å²) in [4.78, 5) is 14.7. The second-order valence-electron chi connectivity index (χ2n) is 11.4. The molecule has 0 saturated carbocycles. The van der Waals surface area contributed by atoms with Gasteiger partial charge in [-0.25, -0.2) is 0 Å². The Kier molecular flexibility index (Phi) is 8.20. The molecule has 2 aliphatic rings. The summed E-state index contributed by atoms with van der Waals surface area (Å²) in [5.74, 6) is -0.0625. The van der Waals surface area contributed by atoms with Crippen molar-refractivity contribution in [1.29, 1.82) is 0 Å². The fourth-order valence-electron chi connectivity index (χ4n) is 6.25. The number of benzene rings is 3. The van der Waals surface area contributed by atoms with Crippen LogP contribution >= 0.6 is 0 Å². The number of rotatable bonds is 2. The van der Waals surface area contributed by atoms with Crippen molar-refractivity contribution >= 4 is 65.8 Å². The second-order valence-corrected chi connectivity index (χ2v) is 20.0. The Hall–Kier alpha value is -2.83. The molecule has 0 aliphatic carbocycles. The first kappa shape index (κ1) is 29.2. The third-order valence-electron chi connectivity index (χ3n) is 7.94. The van der Waals surface area contributed by atoms with Crippen LogP contribution in [0.1, 0.15) is 13.8 Å². The van der Waals surface area contributed by atoms with Crippen molar-refractivity contribution in [1.82, 2.24) is 4.98 Å². The fourth-order valence-corrected chi connectivity index (χ4v) is 12.7. The minimum atomic E-state index is -1.90. The molecule has 199 valence electrons. The van der Waals surface area contributed by atoms with Crippen molar-refractivity contribution in [3.8, 4) is 11.3 Å². The zero-order valence-corrected chi connectivity index (χ0v) is 27.7. The van der Waals surface area contributed by atoms with Crippen LogP contribution in [0.15, 0.2) is 90.8 Å². The quantitative estimate of drug-likeness (QED) is 0.150. The van der Waals surface area contributed by atoms with E-state index < -0.39 is 16.1 Å². The molecule has 0 atom stereocenters. The summed E-state index contributed by atoms with van der Waals surface area (Å²) < 4.78 is 0. The standard InChI is InChI=1S/C27H25BNSi2.C5H8O2.Ir/c1-30(2)23-14-7-5-11-20(23)28-21-12-6-8-15-24(21)31(3,4)26-18-19(17-25(30)27(26)28)22-13-9-10-16-29-22;1-4(6)3-5(2)7;/h5-17H,1-4H3;3,6H,1-2H3;/q-1;;/b;4-3-;. The van der Waals surface area contributed by atoms with E-state index in [1.807, 2.05) is 12.3 Å². The SMILES string of the molecule is CC(=O)/C=C(/C)O.C[Si]1(C)c2[c-]c(-c3ccccn3)cc3c2B(c2ccccc21)c1ccccc1[Si]3(C)C.[Ir]. The number of hydrogen-bond donors (Lipinski definition) is 1. The van der Waals surface area contributed by atoms with Crippen LogP contribution in [0.4, 0.5) is 0 Å². The number of nitrogens with zero attached hydrogens (tertiary/aromatic N) is 1. The molecule has 3 nitrogen and oxygen atoms in total. The summed E-state index contributed by atoms with van der Waals surface area (Å²) in [6, 6.07) is 31.0. The second kappa shape index (κ2) is 11.0. The van der Waals surface area contributed by atoms with Gasteiger partial charge in [-0.2, -0.15) is 0 Å². The van der Waals surface area contributed by atoms with Gasteiger partial charge in [0.15, 0.2) is 12.5 Å². The number of carbonyl (C=O) groups is 1. The van der Waals surface area contributed by atoms with Crippen molar-refractivity contribution in [2.24, 2.45) is 0 Å². The van der Waals surface area contributed by atoms with Crippen LogP contribution in [-0.2, 0) is 24.9 Å². The van der Waals surface area contributed by atoms with E-state index in [1.165, 1.54) is 36.0 Å². The molecule has 39 heavy (non-hydrogen) atoms. The number of aliphatic hydroxyl groups excluding tert-OH is 1. The van der Waals surface area contributed by atoms with Crippen LogP contribution in [0.5, 0.6) is 0 Å². The number of aromatic nitrogens is 1. The smallest absolute Gasteiger partial charge is 0.190 e. The van der Waals surface area contributed by atoms with E-state index in [0.717, 1.165) is 11.3 Å². The maximum absolute atomic E-state index is 10.0. The summed E-state index contributed by atoms with van der Waals surface area (Å²) in [6.07, 6.45) is 3.06. The van der Waals surface area contributed by atoms with E-state index in [1.54, 1.807) is 21.0 Å². The molecule has 0 spiro atoms. The number of aliphatic hydroxyl groups is 1. The molecule has 0 bridgehead atoms. The van der Waals surface area contributed by atoms with Gasteiger partial charge >= 0.3 is 0 Å². The minimum Gasteiger partial charge on any atom is -0.512 e. The molecule has 1 aromatic heterocycles.